The van der Waals surface area contributed by atoms with Gasteiger partial charge in [-0.3, -0.25) is 0 Å². The van der Waals surface area contributed by atoms with Crippen molar-refractivity contribution in [3.8, 4) is 5.75 Å². The van der Waals surface area contributed by atoms with Crippen molar-refractivity contribution in [2.45, 2.75) is 20.1 Å². The van der Waals surface area contributed by atoms with Gasteiger partial charge in [0.15, 0.2) is 0 Å². The molecule has 0 aliphatic heterocycles. The van der Waals surface area contributed by atoms with Crippen LogP contribution >= 0.6 is 23.2 Å². The summed E-state index contributed by atoms with van der Waals surface area (Å²) >= 11 is 11.6. The molecule has 0 bridgehead atoms. The summed E-state index contributed by atoms with van der Waals surface area (Å²) in [5.74, 6) is -0.110. The molecule has 0 aromatic heterocycles. The largest absolute Gasteiger partial charge is 0.454 e. The molecule has 92 valence electrons. The van der Waals surface area contributed by atoms with Gasteiger partial charge in [-0.1, -0.05) is 29.8 Å². The maximum atomic E-state index is 11.2. The molecule has 0 heterocycles. The molecule has 1 aromatic carbocycles. The third-order valence-electron chi connectivity index (χ3n) is 1.81. The van der Waals surface area contributed by atoms with Crippen LogP contribution < -0.4 is 4.74 Å². The zero-order valence-electron chi connectivity index (χ0n) is 9.50. The van der Waals surface area contributed by atoms with Crippen molar-refractivity contribution >= 4 is 29.2 Å². The standard InChI is InChI=1S/C12H12Cl2O3/c1-7(2)12(15)17-8(3)16-11-5-4-9(13)6-10(11)14/h4-6,8H,1H2,2-3H3. The lowest BCUT2D eigenvalue weighted by Crippen LogP contribution is -2.21. The minimum absolute atomic E-state index is 0.308. The molecule has 1 atom stereocenters. The van der Waals surface area contributed by atoms with Gasteiger partial charge in [-0.15, -0.1) is 0 Å². The van der Waals surface area contributed by atoms with E-state index in [1.54, 1.807) is 32.0 Å². The number of carbonyl (C=O) groups is 1. The van der Waals surface area contributed by atoms with E-state index >= 15 is 0 Å². The lowest BCUT2D eigenvalue weighted by molar-refractivity contribution is -0.156. The molecule has 0 radical (unpaired) electrons. The van der Waals surface area contributed by atoms with E-state index in [9.17, 15) is 4.79 Å². The van der Waals surface area contributed by atoms with Gasteiger partial charge in [0.05, 0.1) is 5.02 Å². The quantitative estimate of drug-likeness (QED) is 0.476. The molecule has 0 aliphatic carbocycles. The van der Waals surface area contributed by atoms with Crippen molar-refractivity contribution in [3.05, 3.63) is 40.4 Å². The summed E-state index contributed by atoms with van der Waals surface area (Å²) in [4.78, 5) is 11.2. The fourth-order valence-corrected chi connectivity index (χ4v) is 1.48. The Labute approximate surface area is 110 Å². The van der Waals surface area contributed by atoms with Gasteiger partial charge in [-0.2, -0.15) is 0 Å². The van der Waals surface area contributed by atoms with Gasteiger partial charge in [-0.05, 0) is 25.1 Å². The summed E-state index contributed by atoms with van der Waals surface area (Å²) in [6, 6.07) is 4.79. The van der Waals surface area contributed by atoms with Gasteiger partial charge in [0, 0.05) is 17.5 Å². The van der Waals surface area contributed by atoms with Crippen LogP contribution in [0, 0.1) is 0 Å². The highest BCUT2D eigenvalue weighted by Crippen LogP contribution is 2.28. The second-order valence-corrected chi connectivity index (χ2v) is 4.29. The highest BCUT2D eigenvalue weighted by atomic mass is 35.5. The topological polar surface area (TPSA) is 35.5 Å². The van der Waals surface area contributed by atoms with Crippen molar-refractivity contribution in [3.63, 3.8) is 0 Å². The molecule has 0 fully saturated rings. The molecule has 17 heavy (non-hydrogen) atoms. The first-order valence-corrected chi connectivity index (χ1v) is 5.64. The minimum atomic E-state index is -0.752. The van der Waals surface area contributed by atoms with E-state index in [2.05, 4.69) is 6.58 Å². The summed E-state index contributed by atoms with van der Waals surface area (Å²) < 4.78 is 10.3. The monoisotopic (exact) mass is 274 g/mol. The molecule has 3 nitrogen and oxygen atoms in total. The Morgan fingerprint density at radius 2 is 2.06 bits per heavy atom. The van der Waals surface area contributed by atoms with E-state index in [4.69, 9.17) is 32.7 Å². The summed E-state index contributed by atoms with van der Waals surface area (Å²) in [7, 11) is 0. The molecule has 0 aliphatic rings. The Morgan fingerprint density at radius 3 is 2.59 bits per heavy atom. The molecule has 5 heteroatoms. The number of rotatable bonds is 4. The van der Waals surface area contributed by atoms with Crippen molar-refractivity contribution < 1.29 is 14.3 Å². The molecule has 0 N–H and O–H groups in total. The Kier molecular flexibility index (Phi) is 4.85. The smallest absolute Gasteiger partial charge is 0.336 e. The Hall–Kier alpha value is -1.19. The van der Waals surface area contributed by atoms with E-state index in [-0.39, 0.29) is 0 Å². The average molecular weight is 275 g/mol. The zero-order chi connectivity index (χ0) is 13.0. The third-order valence-corrected chi connectivity index (χ3v) is 2.34. The minimum Gasteiger partial charge on any atom is -0.454 e. The third kappa shape index (κ3) is 4.29. The van der Waals surface area contributed by atoms with Crippen LogP contribution in [0.3, 0.4) is 0 Å². The summed E-state index contributed by atoms with van der Waals surface area (Å²) in [6.07, 6.45) is -0.752. The lowest BCUT2D eigenvalue weighted by atomic mass is 10.3. The van der Waals surface area contributed by atoms with Crippen LogP contribution in [0.1, 0.15) is 13.8 Å². The fraction of sp³-hybridized carbons (Fsp3) is 0.250. The first-order chi connectivity index (χ1) is 7.90. The number of esters is 1. The molecule has 0 saturated carbocycles. The van der Waals surface area contributed by atoms with Crippen LogP contribution in [0.15, 0.2) is 30.4 Å². The molecule has 0 amide bonds. The van der Waals surface area contributed by atoms with E-state index in [1.165, 1.54) is 0 Å². The van der Waals surface area contributed by atoms with Gasteiger partial charge >= 0.3 is 5.97 Å². The number of benzene rings is 1. The van der Waals surface area contributed by atoms with Gasteiger partial charge < -0.3 is 9.47 Å². The van der Waals surface area contributed by atoms with Gasteiger partial charge in [0.2, 0.25) is 6.29 Å². The Bertz CT molecular complexity index is 443. The number of hydrogen-bond acceptors (Lipinski definition) is 3. The molecular weight excluding hydrogens is 263 g/mol. The number of ether oxygens (including phenoxy) is 2. The van der Waals surface area contributed by atoms with Crippen molar-refractivity contribution in [2.75, 3.05) is 0 Å². The highest BCUT2D eigenvalue weighted by Gasteiger charge is 2.12. The predicted molar refractivity (Wildman–Crippen MR) is 67.5 cm³/mol. The fourth-order valence-electron chi connectivity index (χ4n) is 1.02. The molecular formula is C12H12Cl2O3. The normalized spacial score (nSPS) is 11.8. The number of halogens is 2. The maximum Gasteiger partial charge on any atom is 0.336 e. The van der Waals surface area contributed by atoms with E-state index in [0.29, 0.717) is 21.4 Å². The van der Waals surface area contributed by atoms with Gasteiger partial charge in [0.25, 0.3) is 0 Å². The average Bonchev–Trinajstić information content (AvgIpc) is 2.22. The highest BCUT2D eigenvalue weighted by molar-refractivity contribution is 6.35. The van der Waals surface area contributed by atoms with Crippen molar-refractivity contribution in [2.24, 2.45) is 0 Å². The predicted octanol–water partition coefficient (Wildman–Crippen LogP) is 3.84. The van der Waals surface area contributed by atoms with Crippen LogP contribution in [-0.4, -0.2) is 12.3 Å². The Balaban J connectivity index is 2.65. The molecule has 1 aromatic rings. The lowest BCUT2D eigenvalue weighted by Gasteiger charge is -2.16. The second kappa shape index (κ2) is 5.94. The van der Waals surface area contributed by atoms with E-state index < -0.39 is 12.3 Å². The van der Waals surface area contributed by atoms with Crippen LogP contribution in [0.5, 0.6) is 5.75 Å². The molecule has 1 unspecified atom stereocenters. The van der Waals surface area contributed by atoms with Crippen LogP contribution in [0.2, 0.25) is 10.0 Å². The van der Waals surface area contributed by atoms with E-state index in [1.807, 2.05) is 0 Å². The summed E-state index contributed by atoms with van der Waals surface area (Å²) in [6.45, 7) is 6.62. The van der Waals surface area contributed by atoms with Gasteiger partial charge in [0.1, 0.15) is 5.75 Å². The van der Waals surface area contributed by atoms with E-state index in [0.717, 1.165) is 0 Å². The summed E-state index contributed by atoms with van der Waals surface area (Å²) in [5.41, 5.74) is 0.308. The van der Waals surface area contributed by atoms with Crippen LogP contribution in [0.4, 0.5) is 0 Å². The molecule has 0 spiro atoms. The number of hydrogen-bond donors (Lipinski definition) is 0. The molecule has 0 saturated heterocycles. The van der Waals surface area contributed by atoms with Crippen molar-refractivity contribution in [1.29, 1.82) is 0 Å². The number of carbonyl (C=O) groups excluding carboxylic acids is 1. The first kappa shape index (κ1) is 13.9. The zero-order valence-corrected chi connectivity index (χ0v) is 11.0. The maximum absolute atomic E-state index is 11.2. The SMILES string of the molecule is C=C(C)C(=O)OC(C)Oc1ccc(Cl)cc1Cl. The Morgan fingerprint density at radius 1 is 1.41 bits per heavy atom. The summed E-state index contributed by atoms with van der Waals surface area (Å²) in [5, 5.41) is 0.865. The second-order valence-electron chi connectivity index (χ2n) is 3.45. The van der Waals surface area contributed by atoms with Gasteiger partial charge in [-0.25, -0.2) is 4.79 Å². The first-order valence-electron chi connectivity index (χ1n) is 4.88. The van der Waals surface area contributed by atoms with Crippen molar-refractivity contribution in [1.82, 2.24) is 0 Å². The molecule has 1 rings (SSSR count). The van der Waals surface area contributed by atoms with Crippen LogP contribution in [0.25, 0.3) is 0 Å². The van der Waals surface area contributed by atoms with Crippen LogP contribution in [-0.2, 0) is 9.53 Å².